The quantitative estimate of drug-likeness (QED) is 0.912. The van der Waals surface area contributed by atoms with E-state index in [1.807, 2.05) is 6.92 Å². The number of nitrogens with one attached hydrogen (secondary N) is 1. The fraction of sp³-hybridized carbons (Fsp3) is 0.438. The van der Waals surface area contributed by atoms with Crippen LogP contribution in [0.15, 0.2) is 22.6 Å². The molecule has 1 aromatic heterocycles. The molecule has 0 spiro atoms. The van der Waals surface area contributed by atoms with Crippen LogP contribution in [0, 0.1) is 12.7 Å². The van der Waals surface area contributed by atoms with Gasteiger partial charge in [0.2, 0.25) is 0 Å². The maximum atomic E-state index is 13.3. The van der Waals surface area contributed by atoms with E-state index in [1.54, 1.807) is 24.8 Å². The smallest absolute Gasteiger partial charge is 0.253 e. The Morgan fingerprint density at radius 2 is 2.32 bits per heavy atom. The number of carbonyl (C=O) groups is 1. The molecule has 2 aromatic rings. The summed E-state index contributed by atoms with van der Waals surface area (Å²) in [5.41, 5.74) is 0.0885. The lowest BCUT2D eigenvalue weighted by molar-refractivity contribution is -0.138. The van der Waals surface area contributed by atoms with E-state index >= 15 is 0 Å². The first kappa shape index (κ1) is 15.4. The van der Waals surface area contributed by atoms with Gasteiger partial charge in [-0.3, -0.25) is 4.79 Å². The second-order valence-corrected chi connectivity index (χ2v) is 6.87. The number of thioether (sulfide) groups is 1. The van der Waals surface area contributed by atoms with E-state index in [4.69, 9.17) is 4.42 Å². The molecule has 22 heavy (non-hydrogen) atoms. The Bertz CT molecular complexity index is 721. The van der Waals surface area contributed by atoms with Crippen LogP contribution >= 0.6 is 11.8 Å². The monoisotopic (exact) mass is 323 g/mol. The Hall–Kier alpha value is -1.53. The molecule has 3 rings (SSSR count). The molecule has 2 atom stereocenters. The van der Waals surface area contributed by atoms with Crippen LogP contribution in [0.25, 0.3) is 11.0 Å². The van der Waals surface area contributed by atoms with Crippen LogP contribution in [0.1, 0.15) is 30.7 Å². The number of aryl methyl sites for hydroxylation is 1. The maximum Gasteiger partial charge on any atom is 0.253 e. The van der Waals surface area contributed by atoms with Gasteiger partial charge < -0.3 is 14.8 Å². The molecule has 1 fully saturated rings. The lowest BCUT2D eigenvalue weighted by Crippen LogP contribution is -2.47. The molecular formula is C16H18FNO3S. The summed E-state index contributed by atoms with van der Waals surface area (Å²) < 4.78 is 19.1. The van der Waals surface area contributed by atoms with E-state index in [2.05, 4.69) is 5.32 Å². The van der Waals surface area contributed by atoms with Crippen LogP contribution < -0.4 is 5.32 Å². The predicted octanol–water partition coefficient (Wildman–Crippen LogP) is 2.93. The molecule has 0 saturated carbocycles. The maximum absolute atomic E-state index is 13.3. The topological polar surface area (TPSA) is 62.5 Å². The molecule has 1 aliphatic heterocycles. The first-order chi connectivity index (χ1) is 10.4. The van der Waals surface area contributed by atoms with E-state index in [0.29, 0.717) is 28.9 Å². The van der Waals surface area contributed by atoms with Gasteiger partial charge in [0.15, 0.2) is 5.60 Å². The highest BCUT2D eigenvalue weighted by Crippen LogP contribution is 2.32. The standard InChI is InChI=1S/C16H18FNO3S/c1-9-12-7-11(17)3-4-13(12)21-14(9)10(2)18-15(19)16(20)5-6-22-8-16/h3-4,7,10,20H,5-6,8H2,1-2H3,(H,18,19). The van der Waals surface area contributed by atoms with Crippen molar-refractivity contribution in [2.45, 2.75) is 31.9 Å². The summed E-state index contributed by atoms with van der Waals surface area (Å²) in [6, 6.07) is 3.96. The molecule has 2 heterocycles. The molecule has 0 aliphatic carbocycles. The second-order valence-electron chi connectivity index (χ2n) is 5.76. The first-order valence-corrected chi connectivity index (χ1v) is 8.36. The molecule has 1 aromatic carbocycles. The van der Waals surface area contributed by atoms with Gasteiger partial charge in [-0.05, 0) is 44.2 Å². The minimum absolute atomic E-state index is 0.322. The molecular weight excluding hydrogens is 305 g/mol. The summed E-state index contributed by atoms with van der Waals surface area (Å²) in [7, 11) is 0. The number of furan rings is 1. The molecule has 0 bridgehead atoms. The summed E-state index contributed by atoms with van der Waals surface area (Å²) in [5, 5.41) is 13.8. The van der Waals surface area contributed by atoms with Gasteiger partial charge in [-0.15, -0.1) is 0 Å². The number of carbonyl (C=O) groups excluding carboxylic acids is 1. The van der Waals surface area contributed by atoms with Gasteiger partial charge in [0.05, 0.1) is 6.04 Å². The molecule has 1 saturated heterocycles. The zero-order chi connectivity index (χ0) is 15.9. The van der Waals surface area contributed by atoms with Gasteiger partial charge in [-0.2, -0.15) is 11.8 Å². The average molecular weight is 323 g/mol. The summed E-state index contributed by atoms with van der Waals surface area (Å²) >= 11 is 1.56. The van der Waals surface area contributed by atoms with Crippen LogP contribution in [0.5, 0.6) is 0 Å². The fourth-order valence-electron chi connectivity index (χ4n) is 2.75. The molecule has 1 amide bonds. The Morgan fingerprint density at radius 3 is 3.00 bits per heavy atom. The summed E-state index contributed by atoms with van der Waals surface area (Å²) in [5.74, 6) is 1.08. The minimum Gasteiger partial charge on any atom is -0.459 e. The Balaban J connectivity index is 1.84. The average Bonchev–Trinajstić information content (AvgIpc) is 3.05. The SMILES string of the molecule is Cc1c(C(C)NC(=O)C2(O)CCSC2)oc2ccc(F)cc12. The van der Waals surface area contributed by atoms with Gasteiger partial charge in [-0.1, -0.05) is 0 Å². The lowest BCUT2D eigenvalue weighted by atomic mass is 10.0. The molecule has 118 valence electrons. The highest BCUT2D eigenvalue weighted by molar-refractivity contribution is 7.99. The van der Waals surface area contributed by atoms with Crippen molar-refractivity contribution in [3.05, 3.63) is 35.3 Å². The Morgan fingerprint density at radius 1 is 1.55 bits per heavy atom. The molecule has 6 heteroatoms. The largest absolute Gasteiger partial charge is 0.459 e. The van der Waals surface area contributed by atoms with Crippen molar-refractivity contribution in [2.75, 3.05) is 11.5 Å². The molecule has 2 N–H and O–H groups in total. The zero-order valence-electron chi connectivity index (χ0n) is 12.5. The lowest BCUT2D eigenvalue weighted by Gasteiger charge is -2.22. The third-order valence-electron chi connectivity index (χ3n) is 4.10. The van der Waals surface area contributed by atoms with Crippen LogP contribution in [-0.2, 0) is 4.79 Å². The number of halogens is 1. The van der Waals surface area contributed by atoms with Crippen LogP contribution in [0.2, 0.25) is 0 Å². The number of benzene rings is 1. The minimum atomic E-state index is -1.30. The van der Waals surface area contributed by atoms with Crippen LogP contribution in [0.4, 0.5) is 4.39 Å². The molecule has 0 radical (unpaired) electrons. The highest BCUT2D eigenvalue weighted by atomic mass is 32.2. The summed E-state index contributed by atoms with van der Waals surface area (Å²) in [6.07, 6.45) is 0.459. The number of aliphatic hydroxyl groups is 1. The van der Waals surface area contributed by atoms with Crippen molar-refractivity contribution < 1.29 is 18.7 Å². The fourth-order valence-corrected chi connectivity index (χ4v) is 3.99. The molecule has 2 unspecified atom stereocenters. The normalized spacial score (nSPS) is 22.9. The van der Waals surface area contributed by atoms with Gasteiger partial charge in [-0.25, -0.2) is 4.39 Å². The molecule has 1 aliphatic rings. The van der Waals surface area contributed by atoms with Crippen LogP contribution in [-0.4, -0.2) is 28.1 Å². The Kier molecular flexibility index (Phi) is 3.91. The Labute approximate surface area is 132 Å². The van der Waals surface area contributed by atoms with Crippen molar-refractivity contribution in [1.29, 1.82) is 0 Å². The van der Waals surface area contributed by atoms with Gasteiger partial charge in [0.25, 0.3) is 5.91 Å². The van der Waals surface area contributed by atoms with Crippen molar-refractivity contribution in [1.82, 2.24) is 5.32 Å². The number of hydrogen-bond acceptors (Lipinski definition) is 4. The third-order valence-corrected chi connectivity index (χ3v) is 5.27. The van der Waals surface area contributed by atoms with E-state index < -0.39 is 11.6 Å². The number of amides is 1. The van der Waals surface area contributed by atoms with Gasteiger partial charge >= 0.3 is 0 Å². The van der Waals surface area contributed by atoms with Crippen molar-refractivity contribution in [2.24, 2.45) is 0 Å². The van der Waals surface area contributed by atoms with Gasteiger partial charge in [0.1, 0.15) is 17.2 Å². The van der Waals surface area contributed by atoms with Crippen LogP contribution in [0.3, 0.4) is 0 Å². The van der Waals surface area contributed by atoms with E-state index in [9.17, 15) is 14.3 Å². The third kappa shape index (κ3) is 2.61. The number of fused-ring (bicyclic) bond motifs is 1. The first-order valence-electron chi connectivity index (χ1n) is 7.20. The van der Waals surface area contributed by atoms with Gasteiger partial charge in [0, 0.05) is 16.7 Å². The second kappa shape index (κ2) is 5.59. The van der Waals surface area contributed by atoms with Crippen molar-refractivity contribution in [3.8, 4) is 0 Å². The van der Waals surface area contributed by atoms with Crippen molar-refractivity contribution in [3.63, 3.8) is 0 Å². The van der Waals surface area contributed by atoms with E-state index in [1.165, 1.54) is 12.1 Å². The molecule has 4 nitrogen and oxygen atoms in total. The predicted molar refractivity (Wildman–Crippen MR) is 84.4 cm³/mol. The van der Waals surface area contributed by atoms with Crippen molar-refractivity contribution >= 4 is 28.6 Å². The zero-order valence-corrected chi connectivity index (χ0v) is 13.3. The van der Waals surface area contributed by atoms with E-state index in [0.717, 1.165) is 11.3 Å². The summed E-state index contributed by atoms with van der Waals surface area (Å²) in [6.45, 7) is 3.63. The van der Waals surface area contributed by atoms with E-state index in [-0.39, 0.29) is 11.7 Å². The summed E-state index contributed by atoms with van der Waals surface area (Å²) in [4.78, 5) is 12.3. The highest BCUT2D eigenvalue weighted by Gasteiger charge is 2.40. The number of rotatable bonds is 3. The number of hydrogen-bond donors (Lipinski definition) is 2.